The summed E-state index contributed by atoms with van der Waals surface area (Å²) in [7, 11) is 0. The number of ketones is 1. The van der Waals surface area contributed by atoms with Crippen molar-refractivity contribution < 1.29 is 44.1 Å². The first-order chi connectivity index (χ1) is 19.0. The van der Waals surface area contributed by atoms with E-state index < -0.39 is 35.9 Å². The zero-order valence-corrected chi connectivity index (χ0v) is 24.1. The van der Waals surface area contributed by atoms with Gasteiger partial charge in [-0.25, -0.2) is 9.59 Å². The maximum absolute atomic E-state index is 12.2. The molecule has 40 heavy (non-hydrogen) atoms. The van der Waals surface area contributed by atoms with Gasteiger partial charge in [0, 0.05) is 25.7 Å². The highest BCUT2D eigenvalue weighted by Crippen LogP contribution is 2.14. The third-order valence-electron chi connectivity index (χ3n) is 6.76. The second-order valence-corrected chi connectivity index (χ2v) is 10.5. The minimum atomic E-state index is -1.27. The van der Waals surface area contributed by atoms with Gasteiger partial charge in [0.15, 0.2) is 0 Å². The normalized spacial score (nSPS) is 12.3. The first kappa shape index (κ1) is 37.0. The molecular formula is C29H50N2O9. The van der Waals surface area contributed by atoms with E-state index in [0.29, 0.717) is 6.42 Å². The quantitative estimate of drug-likeness (QED) is 0.0879. The van der Waals surface area contributed by atoms with Crippen molar-refractivity contribution in [3.8, 4) is 0 Å². The van der Waals surface area contributed by atoms with Crippen LogP contribution in [0.3, 0.4) is 0 Å². The predicted molar refractivity (Wildman–Crippen MR) is 150 cm³/mol. The van der Waals surface area contributed by atoms with Crippen LogP contribution in [0.25, 0.3) is 0 Å². The standard InChI is InChI=1S/C29H50N2O9/c1-22(32)18-19-23(28(37)38)31-26(34)21-20-24(29(39)40)30-25(33)16-14-12-10-8-6-4-2-3-5-7-9-11-13-15-17-27(35)36/h23-24H,2-21H2,1H3,(H,30,33)(H,31,34)(H,35,36)(H,37,38)(H,39,40). The Morgan fingerprint density at radius 1 is 0.475 bits per heavy atom. The minimum Gasteiger partial charge on any atom is -0.481 e. The number of Topliss-reactive ketones (excluding diaryl/α,β-unsaturated/α-hetero) is 1. The smallest absolute Gasteiger partial charge is 0.326 e. The van der Waals surface area contributed by atoms with Gasteiger partial charge in [0.25, 0.3) is 0 Å². The summed E-state index contributed by atoms with van der Waals surface area (Å²) in [6.07, 6.45) is 14.9. The minimum absolute atomic E-state index is 0.00592. The molecule has 0 aliphatic heterocycles. The van der Waals surface area contributed by atoms with Crippen LogP contribution < -0.4 is 10.6 Å². The number of carbonyl (C=O) groups excluding carboxylic acids is 3. The molecule has 5 N–H and O–H groups in total. The van der Waals surface area contributed by atoms with Crippen molar-refractivity contribution in [2.45, 2.75) is 147 Å². The molecule has 0 aromatic heterocycles. The fourth-order valence-corrected chi connectivity index (χ4v) is 4.35. The first-order valence-corrected chi connectivity index (χ1v) is 14.8. The molecule has 0 saturated heterocycles. The second kappa shape index (κ2) is 23.9. The number of amides is 2. The second-order valence-electron chi connectivity index (χ2n) is 10.5. The average Bonchev–Trinajstić information content (AvgIpc) is 2.87. The Morgan fingerprint density at radius 3 is 1.15 bits per heavy atom. The fourth-order valence-electron chi connectivity index (χ4n) is 4.35. The number of nitrogens with one attached hydrogen (secondary N) is 2. The third-order valence-corrected chi connectivity index (χ3v) is 6.76. The Bertz CT molecular complexity index is 785. The van der Waals surface area contributed by atoms with E-state index >= 15 is 0 Å². The highest BCUT2D eigenvalue weighted by Gasteiger charge is 2.24. The third kappa shape index (κ3) is 23.0. The van der Waals surface area contributed by atoms with Crippen LogP contribution >= 0.6 is 0 Å². The summed E-state index contributed by atoms with van der Waals surface area (Å²) < 4.78 is 0. The van der Waals surface area contributed by atoms with Gasteiger partial charge in [-0.2, -0.15) is 0 Å². The van der Waals surface area contributed by atoms with Gasteiger partial charge in [-0.3, -0.25) is 14.4 Å². The molecule has 0 rings (SSSR count). The van der Waals surface area contributed by atoms with Gasteiger partial charge in [-0.1, -0.05) is 77.0 Å². The number of hydrogen-bond donors (Lipinski definition) is 5. The summed E-state index contributed by atoms with van der Waals surface area (Å²) in [6.45, 7) is 1.32. The lowest BCUT2D eigenvalue weighted by Gasteiger charge is -2.16. The zero-order chi connectivity index (χ0) is 30.2. The van der Waals surface area contributed by atoms with Crippen molar-refractivity contribution >= 4 is 35.5 Å². The summed E-state index contributed by atoms with van der Waals surface area (Å²) in [6, 6.07) is -2.47. The van der Waals surface area contributed by atoms with Crippen LogP contribution in [0.15, 0.2) is 0 Å². The van der Waals surface area contributed by atoms with Gasteiger partial charge in [0.2, 0.25) is 11.8 Å². The van der Waals surface area contributed by atoms with Crippen molar-refractivity contribution in [3.63, 3.8) is 0 Å². The van der Waals surface area contributed by atoms with E-state index in [4.69, 9.17) is 5.11 Å². The SMILES string of the molecule is CC(=O)CCC(NC(=O)CCC(NC(=O)CCCCCCCCCCCCCCCCC(=O)O)C(=O)O)C(=O)O. The van der Waals surface area contributed by atoms with Crippen molar-refractivity contribution in [1.29, 1.82) is 0 Å². The van der Waals surface area contributed by atoms with Crippen LogP contribution in [0.1, 0.15) is 135 Å². The Balaban J connectivity index is 3.87. The summed E-state index contributed by atoms with van der Waals surface area (Å²) in [4.78, 5) is 68.5. The molecule has 11 nitrogen and oxygen atoms in total. The lowest BCUT2D eigenvalue weighted by molar-refractivity contribution is -0.143. The Kier molecular flexibility index (Phi) is 22.1. The summed E-state index contributed by atoms with van der Waals surface area (Å²) >= 11 is 0. The predicted octanol–water partition coefficient (Wildman–Crippen LogP) is 4.60. The van der Waals surface area contributed by atoms with E-state index in [2.05, 4.69) is 10.6 Å². The average molecular weight is 571 g/mol. The monoisotopic (exact) mass is 570 g/mol. The number of carbonyl (C=O) groups is 6. The van der Waals surface area contributed by atoms with E-state index in [1.165, 1.54) is 45.4 Å². The van der Waals surface area contributed by atoms with Crippen LogP contribution in [0.2, 0.25) is 0 Å². The van der Waals surface area contributed by atoms with E-state index in [0.717, 1.165) is 44.9 Å². The molecule has 11 heteroatoms. The molecule has 0 aromatic carbocycles. The van der Waals surface area contributed by atoms with E-state index in [-0.39, 0.29) is 50.2 Å². The van der Waals surface area contributed by atoms with Gasteiger partial charge in [0.05, 0.1) is 0 Å². The lowest BCUT2D eigenvalue weighted by Crippen LogP contribution is -2.44. The van der Waals surface area contributed by atoms with Crippen molar-refractivity contribution in [1.82, 2.24) is 10.6 Å². The summed E-state index contributed by atoms with van der Waals surface area (Å²) in [5.41, 5.74) is 0. The summed E-state index contributed by atoms with van der Waals surface area (Å²) in [5, 5.41) is 31.9. The van der Waals surface area contributed by atoms with Crippen LogP contribution in [0.4, 0.5) is 0 Å². The molecule has 2 amide bonds. The number of hydrogen-bond acceptors (Lipinski definition) is 6. The molecule has 0 aromatic rings. The number of unbranched alkanes of at least 4 members (excludes halogenated alkanes) is 13. The molecule has 0 saturated carbocycles. The Morgan fingerprint density at radius 2 is 0.800 bits per heavy atom. The number of rotatable bonds is 27. The maximum Gasteiger partial charge on any atom is 0.326 e. The Hall–Kier alpha value is -2.98. The highest BCUT2D eigenvalue weighted by molar-refractivity contribution is 5.86. The van der Waals surface area contributed by atoms with Crippen molar-refractivity contribution in [2.24, 2.45) is 0 Å². The largest absolute Gasteiger partial charge is 0.481 e. The molecule has 0 spiro atoms. The molecule has 2 unspecified atom stereocenters. The lowest BCUT2D eigenvalue weighted by atomic mass is 10.0. The molecule has 0 aliphatic carbocycles. The first-order valence-electron chi connectivity index (χ1n) is 14.8. The topological polar surface area (TPSA) is 187 Å². The number of carboxylic acid groups (broad SMARTS) is 3. The van der Waals surface area contributed by atoms with E-state index in [1.807, 2.05) is 0 Å². The fraction of sp³-hybridized carbons (Fsp3) is 0.793. The maximum atomic E-state index is 12.2. The molecule has 0 heterocycles. The van der Waals surface area contributed by atoms with Gasteiger partial charge >= 0.3 is 17.9 Å². The molecule has 0 fully saturated rings. The number of aliphatic carboxylic acids is 3. The summed E-state index contributed by atoms with van der Waals surface area (Å²) in [5.74, 6) is -4.49. The van der Waals surface area contributed by atoms with Gasteiger partial charge in [-0.15, -0.1) is 0 Å². The van der Waals surface area contributed by atoms with Crippen molar-refractivity contribution in [2.75, 3.05) is 0 Å². The highest BCUT2D eigenvalue weighted by atomic mass is 16.4. The van der Waals surface area contributed by atoms with Crippen LogP contribution in [-0.4, -0.2) is 62.9 Å². The van der Waals surface area contributed by atoms with Gasteiger partial charge in [0.1, 0.15) is 17.9 Å². The van der Waals surface area contributed by atoms with E-state index in [9.17, 15) is 39.0 Å². The van der Waals surface area contributed by atoms with Crippen LogP contribution in [-0.2, 0) is 28.8 Å². The van der Waals surface area contributed by atoms with Gasteiger partial charge in [-0.05, 0) is 32.6 Å². The van der Waals surface area contributed by atoms with Crippen molar-refractivity contribution in [3.05, 3.63) is 0 Å². The van der Waals surface area contributed by atoms with Crippen LogP contribution in [0.5, 0.6) is 0 Å². The Labute approximate surface area is 237 Å². The van der Waals surface area contributed by atoms with Crippen LogP contribution in [0, 0.1) is 0 Å². The van der Waals surface area contributed by atoms with Gasteiger partial charge < -0.3 is 30.7 Å². The van der Waals surface area contributed by atoms with E-state index in [1.54, 1.807) is 0 Å². The molecule has 230 valence electrons. The molecule has 0 radical (unpaired) electrons. The zero-order valence-electron chi connectivity index (χ0n) is 24.1. The molecule has 0 aliphatic rings. The molecule has 0 bridgehead atoms. The molecular weight excluding hydrogens is 520 g/mol. The molecule has 2 atom stereocenters. The number of carboxylic acids is 3.